The van der Waals surface area contributed by atoms with Crippen LogP contribution in [0.4, 0.5) is 5.82 Å². The number of aromatic nitrogens is 1. The van der Waals surface area contributed by atoms with E-state index < -0.39 is 5.91 Å². The van der Waals surface area contributed by atoms with E-state index in [9.17, 15) is 4.79 Å². The lowest BCUT2D eigenvalue weighted by molar-refractivity contribution is 0.0999. The van der Waals surface area contributed by atoms with Crippen molar-refractivity contribution in [3.63, 3.8) is 0 Å². The molecule has 0 aromatic carbocycles. The summed E-state index contributed by atoms with van der Waals surface area (Å²) in [5.74, 6) is 0.246. The molecule has 5 heteroatoms. The summed E-state index contributed by atoms with van der Waals surface area (Å²) in [4.78, 5) is 18.0. The van der Waals surface area contributed by atoms with Crippen LogP contribution >= 0.6 is 0 Å². The van der Waals surface area contributed by atoms with Crippen LogP contribution in [0.3, 0.4) is 0 Å². The quantitative estimate of drug-likeness (QED) is 0.825. The zero-order chi connectivity index (χ0) is 13.5. The van der Waals surface area contributed by atoms with Crippen molar-refractivity contribution in [1.29, 1.82) is 0 Å². The van der Waals surface area contributed by atoms with Gasteiger partial charge in [-0.1, -0.05) is 6.92 Å². The molecule has 4 N–H and O–H groups in total. The molecule has 18 heavy (non-hydrogen) atoms. The highest BCUT2D eigenvalue weighted by Crippen LogP contribution is 2.30. The summed E-state index contributed by atoms with van der Waals surface area (Å²) >= 11 is 0. The summed E-state index contributed by atoms with van der Waals surface area (Å²) in [6.07, 6.45) is 0.917. The minimum absolute atomic E-state index is 0.158. The summed E-state index contributed by atoms with van der Waals surface area (Å²) in [5, 5.41) is 0. The maximum atomic E-state index is 11.6. The summed E-state index contributed by atoms with van der Waals surface area (Å²) < 4.78 is 0. The van der Waals surface area contributed by atoms with Gasteiger partial charge in [0.05, 0.1) is 11.1 Å². The largest absolute Gasteiger partial charge is 0.365 e. The average Bonchev–Trinajstić information content (AvgIpc) is 2.22. The molecule has 1 aromatic heterocycles. The molecule has 1 saturated heterocycles. The predicted molar refractivity (Wildman–Crippen MR) is 71.7 cm³/mol. The van der Waals surface area contributed by atoms with Crippen LogP contribution in [-0.4, -0.2) is 29.5 Å². The summed E-state index contributed by atoms with van der Waals surface area (Å²) in [5.41, 5.74) is 13.7. The van der Waals surface area contributed by atoms with Crippen LogP contribution in [0.2, 0.25) is 0 Å². The van der Waals surface area contributed by atoms with E-state index in [4.69, 9.17) is 11.5 Å². The van der Waals surface area contributed by atoms with Gasteiger partial charge in [-0.25, -0.2) is 4.98 Å². The number of carbonyl (C=O) groups is 1. The fourth-order valence-corrected chi connectivity index (χ4v) is 2.44. The Balaban J connectivity index is 2.37. The van der Waals surface area contributed by atoms with Crippen molar-refractivity contribution in [3.05, 3.63) is 22.9 Å². The van der Waals surface area contributed by atoms with Gasteiger partial charge in [0.15, 0.2) is 0 Å². The van der Waals surface area contributed by atoms with Crippen LogP contribution in [0, 0.1) is 13.8 Å². The Morgan fingerprint density at radius 3 is 2.61 bits per heavy atom. The van der Waals surface area contributed by atoms with E-state index in [1.807, 2.05) is 24.8 Å². The fraction of sp³-hybridized carbons (Fsp3) is 0.538. The van der Waals surface area contributed by atoms with E-state index in [0.29, 0.717) is 11.4 Å². The van der Waals surface area contributed by atoms with Crippen LogP contribution in [0.1, 0.15) is 35.0 Å². The van der Waals surface area contributed by atoms with Crippen molar-refractivity contribution in [1.82, 2.24) is 4.98 Å². The molecule has 1 aliphatic rings. The third kappa shape index (κ3) is 2.06. The Kier molecular flexibility index (Phi) is 3.02. The topological polar surface area (TPSA) is 85.2 Å². The van der Waals surface area contributed by atoms with E-state index in [2.05, 4.69) is 11.9 Å². The Hall–Kier alpha value is -1.62. The molecule has 0 unspecified atom stereocenters. The Morgan fingerprint density at radius 2 is 2.11 bits per heavy atom. The van der Waals surface area contributed by atoms with E-state index in [1.165, 1.54) is 0 Å². The van der Waals surface area contributed by atoms with Gasteiger partial charge in [-0.2, -0.15) is 0 Å². The van der Waals surface area contributed by atoms with E-state index >= 15 is 0 Å². The molecule has 1 aliphatic heterocycles. The number of primary amides is 1. The second-order valence-electron chi connectivity index (χ2n) is 5.22. The first-order chi connectivity index (χ1) is 8.36. The first-order valence-corrected chi connectivity index (χ1v) is 6.18. The standard InChI is InChI=1S/C13H20N4O/c1-4-13(15)6-17(7-13)12-10(11(14)18)8(2)5-9(3)16-12/h5H,4,6-7,15H2,1-3H3,(H2,14,18). The second-order valence-corrected chi connectivity index (χ2v) is 5.22. The van der Waals surface area contributed by atoms with Gasteiger partial charge in [-0.15, -0.1) is 0 Å². The van der Waals surface area contributed by atoms with Gasteiger partial charge in [0.25, 0.3) is 5.91 Å². The number of pyridine rings is 1. The maximum absolute atomic E-state index is 11.6. The van der Waals surface area contributed by atoms with Crippen LogP contribution in [-0.2, 0) is 0 Å². The molecule has 2 heterocycles. The molecule has 0 saturated carbocycles. The molecule has 5 nitrogen and oxygen atoms in total. The Labute approximate surface area is 107 Å². The number of nitrogens with two attached hydrogens (primary N) is 2. The van der Waals surface area contributed by atoms with Gasteiger partial charge in [-0.3, -0.25) is 4.79 Å². The van der Waals surface area contributed by atoms with Gasteiger partial charge in [0, 0.05) is 18.8 Å². The SMILES string of the molecule is CCC1(N)CN(c2nc(C)cc(C)c2C(N)=O)C1. The van der Waals surface area contributed by atoms with E-state index in [1.54, 1.807) is 0 Å². The van der Waals surface area contributed by atoms with Crippen molar-refractivity contribution in [2.45, 2.75) is 32.7 Å². The molecule has 1 amide bonds. The summed E-state index contributed by atoms with van der Waals surface area (Å²) in [6.45, 7) is 7.31. The smallest absolute Gasteiger partial charge is 0.252 e. The van der Waals surface area contributed by atoms with E-state index in [0.717, 1.165) is 30.8 Å². The number of hydrogen-bond acceptors (Lipinski definition) is 4. The number of anilines is 1. The Morgan fingerprint density at radius 1 is 1.50 bits per heavy atom. The number of hydrogen-bond donors (Lipinski definition) is 2. The molecular formula is C13H20N4O. The normalized spacial score (nSPS) is 17.4. The van der Waals surface area contributed by atoms with Gasteiger partial charge in [0.2, 0.25) is 0 Å². The van der Waals surface area contributed by atoms with Gasteiger partial charge >= 0.3 is 0 Å². The molecule has 2 rings (SSSR count). The van der Waals surface area contributed by atoms with Crippen molar-refractivity contribution in [3.8, 4) is 0 Å². The lowest BCUT2D eigenvalue weighted by Crippen LogP contribution is -2.67. The van der Waals surface area contributed by atoms with E-state index in [-0.39, 0.29) is 5.54 Å². The Bertz CT molecular complexity index is 492. The number of nitrogens with zero attached hydrogens (tertiary/aromatic N) is 2. The van der Waals surface area contributed by atoms with Crippen LogP contribution in [0.5, 0.6) is 0 Å². The number of carbonyl (C=O) groups excluding carboxylic acids is 1. The molecule has 0 aliphatic carbocycles. The van der Waals surface area contributed by atoms with Gasteiger partial charge in [-0.05, 0) is 31.9 Å². The molecular weight excluding hydrogens is 228 g/mol. The third-order valence-corrected chi connectivity index (χ3v) is 3.59. The highest BCUT2D eigenvalue weighted by Gasteiger charge is 2.40. The van der Waals surface area contributed by atoms with Crippen molar-refractivity contribution in [2.24, 2.45) is 11.5 Å². The molecule has 0 bridgehead atoms. The maximum Gasteiger partial charge on any atom is 0.252 e. The highest BCUT2D eigenvalue weighted by atomic mass is 16.1. The molecule has 0 atom stereocenters. The average molecular weight is 248 g/mol. The van der Waals surface area contributed by atoms with Crippen molar-refractivity contribution >= 4 is 11.7 Å². The lowest BCUT2D eigenvalue weighted by atomic mass is 9.87. The number of rotatable bonds is 3. The monoisotopic (exact) mass is 248 g/mol. The van der Waals surface area contributed by atoms with Crippen LogP contribution in [0.15, 0.2) is 6.07 Å². The predicted octanol–water partition coefficient (Wildman–Crippen LogP) is 0.725. The number of aryl methyl sites for hydroxylation is 2. The van der Waals surface area contributed by atoms with Gasteiger partial charge in [0.1, 0.15) is 5.82 Å². The molecule has 0 spiro atoms. The minimum atomic E-state index is -0.430. The summed E-state index contributed by atoms with van der Waals surface area (Å²) in [6, 6.07) is 1.87. The first-order valence-electron chi connectivity index (χ1n) is 6.18. The fourth-order valence-electron chi connectivity index (χ4n) is 2.44. The molecule has 0 radical (unpaired) electrons. The zero-order valence-corrected chi connectivity index (χ0v) is 11.2. The van der Waals surface area contributed by atoms with Crippen molar-refractivity contribution in [2.75, 3.05) is 18.0 Å². The molecule has 98 valence electrons. The lowest BCUT2D eigenvalue weighted by Gasteiger charge is -2.48. The van der Waals surface area contributed by atoms with Crippen LogP contribution in [0.25, 0.3) is 0 Å². The second kappa shape index (κ2) is 4.24. The van der Waals surface area contributed by atoms with Crippen LogP contribution < -0.4 is 16.4 Å². The number of amides is 1. The third-order valence-electron chi connectivity index (χ3n) is 3.59. The zero-order valence-electron chi connectivity index (χ0n) is 11.2. The minimum Gasteiger partial charge on any atom is -0.365 e. The summed E-state index contributed by atoms with van der Waals surface area (Å²) in [7, 11) is 0. The highest BCUT2D eigenvalue weighted by molar-refractivity contribution is 5.99. The van der Waals surface area contributed by atoms with Crippen molar-refractivity contribution < 1.29 is 4.79 Å². The molecule has 1 aromatic rings. The molecule has 1 fully saturated rings. The van der Waals surface area contributed by atoms with Gasteiger partial charge < -0.3 is 16.4 Å². The first kappa shape index (κ1) is 12.8.